The van der Waals surface area contributed by atoms with Crippen LogP contribution in [0.1, 0.15) is 0 Å². The molecular formula is C8H18Cl2CuN2O8S2. The van der Waals surface area contributed by atoms with E-state index in [2.05, 4.69) is 34.2 Å². The molecule has 1 aliphatic rings. The maximum absolute atomic E-state index is 8.49. The van der Waals surface area contributed by atoms with Gasteiger partial charge in [0.15, 0.2) is 0 Å². The summed E-state index contributed by atoms with van der Waals surface area (Å²) in [4.78, 5) is 0. The van der Waals surface area contributed by atoms with Gasteiger partial charge in [0.25, 0.3) is 0 Å². The summed E-state index contributed by atoms with van der Waals surface area (Å²) in [5, 5.41) is 6.83. The topological polar surface area (TPSA) is 209 Å². The van der Waals surface area contributed by atoms with Crippen LogP contribution in [0.4, 0.5) is 0 Å². The van der Waals surface area contributed by atoms with Crippen molar-refractivity contribution in [2.75, 3.05) is 49.2 Å². The van der Waals surface area contributed by atoms with Gasteiger partial charge in [-0.05, 0) is 0 Å². The summed E-state index contributed by atoms with van der Waals surface area (Å²) in [6.07, 6.45) is 0. The average Bonchev–Trinajstić information content (AvgIpc) is 2.25. The first-order chi connectivity index (χ1) is 10.0. The van der Waals surface area contributed by atoms with E-state index in [0.29, 0.717) is 0 Å². The second kappa shape index (κ2) is 18.2. The average molecular weight is 469 g/mol. The van der Waals surface area contributed by atoms with Gasteiger partial charge < -0.3 is 10.6 Å². The maximum atomic E-state index is 8.49. The number of nitrogens with one attached hydrogen (secondary N) is 2. The summed E-state index contributed by atoms with van der Waals surface area (Å²) >= 11 is 4.13. The Balaban J connectivity index is -0.000000307. The van der Waals surface area contributed by atoms with Gasteiger partial charge in [-0.3, -0.25) is 0 Å². The number of halogens is 2. The molecule has 1 radical (unpaired) electrons. The van der Waals surface area contributed by atoms with Crippen LogP contribution in [0.5, 0.6) is 0 Å². The Labute approximate surface area is 158 Å². The molecule has 0 aromatic rings. The zero-order valence-electron chi connectivity index (χ0n) is 11.8. The van der Waals surface area contributed by atoms with Gasteiger partial charge in [-0.25, -0.2) is 37.3 Å². The van der Waals surface area contributed by atoms with Gasteiger partial charge in [-0.2, -0.15) is 23.5 Å². The molecule has 15 heteroatoms. The summed E-state index contributed by atoms with van der Waals surface area (Å²) in [5.41, 5.74) is 0. The van der Waals surface area contributed by atoms with Crippen molar-refractivity contribution in [2.24, 2.45) is 0 Å². The van der Waals surface area contributed by atoms with Crippen LogP contribution in [-0.2, 0) is 17.1 Å². The standard InChI is InChI=1S/C8H18N2S2.2ClHO4.Cu/c1-2-10-4-6-12-8-7-11-5-3-9-1;2*2-1(3,4)5;/h9-10H,1-8H2;2*(H,2,3,4,5);/q;;;+2/p-2. The molecular weight excluding hydrogens is 451 g/mol. The summed E-state index contributed by atoms with van der Waals surface area (Å²) in [6, 6.07) is 0. The summed E-state index contributed by atoms with van der Waals surface area (Å²) in [6.45, 7) is 4.56. The molecule has 1 aliphatic heterocycles. The van der Waals surface area contributed by atoms with Crippen LogP contribution >= 0.6 is 23.5 Å². The summed E-state index contributed by atoms with van der Waals surface area (Å²) in [5.74, 6) is 5.15. The van der Waals surface area contributed by atoms with E-state index in [1.54, 1.807) is 0 Å². The van der Waals surface area contributed by atoms with Gasteiger partial charge in [0.2, 0.25) is 0 Å². The molecule has 0 atom stereocenters. The molecule has 10 nitrogen and oxygen atoms in total. The Morgan fingerprint density at radius 2 is 0.783 bits per heavy atom. The quantitative estimate of drug-likeness (QED) is 0.317. The Morgan fingerprint density at radius 1 is 0.522 bits per heavy atom. The molecule has 0 unspecified atom stereocenters. The fourth-order valence-corrected chi connectivity index (χ4v) is 2.97. The van der Waals surface area contributed by atoms with Crippen LogP contribution < -0.4 is 47.9 Å². The maximum Gasteiger partial charge on any atom is 2.00 e. The molecule has 23 heavy (non-hydrogen) atoms. The third-order valence-corrected chi connectivity index (χ3v) is 3.93. The fraction of sp³-hybridized carbons (Fsp3) is 1.00. The molecule has 0 amide bonds. The Morgan fingerprint density at radius 3 is 1.04 bits per heavy atom. The second-order valence-electron chi connectivity index (χ2n) is 3.48. The minimum Gasteiger partial charge on any atom is -0.315 e. The van der Waals surface area contributed by atoms with E-state index in [1.807, 2.05) is 0 Å². The Hall–Kier alpha value is 1.40. The van der Waals surface area contributed by atoms with Crippen LogP contribution in [0, 0.1) is 20.5 Å². The normalized spacial score (nSPS) is 17.7. The van der Waals surface area contributed by atoms with E-state index in [9.17, 15) is 0 Å². The molecule has 1 fully saturated rings. The smallest absolute Gasteiger partial charge is 0.315 e. The van der Waals surface area contributed by atoms with Crippen molar-refractivity contribution in [2.45, 2.75) is 0 Å². The first-order valence-electron chi connectivity index (χ1n) is 5.80. The van der Waals surface area contributed by atoms with Crippen LogP contribution in [-0.4, -0.2) is 49.2 Å². The van der Waals surface area contributed by atoms with Gasteiger partial charge in [0.1, 0.15) is 0 Å². The summed E-state index contributed by atoms with van der Waals surface area (Å²) in [7, 11) is -9.89. The van der Waals surface area contributed by atoms with E-state index in [0.717, 1.165) is 26.2 Å². The summed E-state index contributed by atoms with van der Waals surface area (Å²) < 4.78 is 67.9. The van der Waals surface area contributed by atoms with E-state index >= 15 is 0 Å². The van der Waals surface area contributed by atoms with Crippen LogP contribution in [0.2, 0.25) is 0 Å². The minimum absolute atomic E-state index is 0. The van der Waals surface area contributed by atoms with Crippen molar-refractivity contribution >= 4 is 23.5 Å². The Bertz CT molecular complexity index is 184. The van der Waals surface area contributed by atoms with Gasteiger partial charge in [0, 0.05) is 49.2 Å². The first kappa shape index (κ1) is 29.2. The zero-order chi connectivity index (χ0) is 17.5. The van der Waals surface area contributed by atoms with E-state index in [1.165, 1.54) is 23.0 Å². The number of hydrogen-bond donors (Lipinski definition) is 2. The molecule has 2 N–H and O–H groups in total. The molecule has 1 heterocycles. The predicted molar refractivity (Wildman–Crippen MR) is 60.4 cm³/mol. The third kappa shape index (κ3) is 59.7. The van der Waals surface area contributed by atoms with Crippen molar-refractivity contribution in [1.29, 1.82) is 0 Å². The fourth-order valence-electron chi connectivity index (χ4n) is 1.04. The molecule has 0 aromatic carbocycles. The van der Waals surface area contributed by atoms with Gasteiger partial charge in [0.05, 0.1) is 0 Å². The molecule has 0 bridgehead atoms. The predicted octanol–water partition coefficient (Wildman–Crippen LogP) is -8.87. The van der Waals surface area contributed by atoms with Gasteiger partial charge >= 0.3 is 17.1 Å². The molecule has 0 spiro atoms. The number of hydrogen-bond acceptors (Lipinski definition) is 12. The molecule has 145 valence electrons. The van der Waals surface area contributed by atoms with Crippen LogP contribution in [0.15, 0.2) is 0 Å². The largest absolute Gasteiger partial charge is 2.00 e. The van der Waals surface area contributed by atoms with Gasteiger partial charge in [-0.1, -0.05) is 0 Å². The van der Waals surface area contributed by atoms with E-state index < -0.39 is 20.5 Å². The molecule has 0 saturated carbocycles. The molecule has 1 rings (SSSR count). The first-order valence-corrected chi connectivity index (χ1v) is 10.6. The molecule has 0 aromatic heterocycles. The van der Waals surface area contributed by atoms with E-state index in [-0.39, 0.29) is 17.1 Å². The van der Waals surface area contributed by atoms with Crippen molar-refractivity contribution < 1.29 is 74.8 Å². The monoisotopic (exact) mass is 467 g/mol. The van der Waals surface area contributed by atoms with Crippen molar-refractivity contribution in [3.63, 3.8) is 0 Å². The second-order valence-corrected chi connectivity index (χ2v) is 7.44. The van der Waals surface area contributed by atoms with Crippen molar-refractivity contribution in [3.8, 4) is 0 Å². The molecule has 0 aliphatic carbocycles. The van der Waals surface area contributed by atoms with Gasteiger partial charge in [-0.15, -0.1) is 20.5 Å². The van der Waals surface area contributed by atoms with Crippen molar-refractivity contribution in [3.05, 3.63) is 0 Å². The van der Waals surface area contributed by atoms with Crippen LogP contribution in [0.25, 0.3) is 0 Å². The number of thioether (sulfide) groups is 2. The molecule has 1 saturated heterocycles. The minimum atomic E-state index is -4.94. The van der Waals surface area contributed by atoms with Crippen molar-refractivity contribution in [1.82, 2.24) is 10.6 Å². The van der Waals surface area contributed by atoms with E-state index in [4.69, 9.17) is 37.3 Å². The SMILES string of the molecule is C1CNCCSCCSCCN1.[Cu+2].[O-][Cl+3]([O-])([O-])[O-].[O-][Cl+3]([O-])([O-])[O-]. The number of rotatable bonds is 0. The van der Waals surface area contributed by atoms with Crippen LogP contribution in [0.3, 0.4) is 0 Å². The zero-order valence-corrected chi connectivity index (χ0v) is 15.9. The third-order valence-electron chi connectivity index (χ3n) is 1.70. The Kier molecular flexibility index (Phi) is 23.1.